The van der Waals surface area contributed by atoms with Gasteiger partial charge in [-0.3, -0.25) is 0 Å². The number of rotatable bonds is 6. The number of hydrogen-bond donors (Lipinski definition) is 2. The van der Waals surface area contributed by atoms with Gasteiger partial charge in [0.15, 0.2) is 0 Å². The van der Waals surface area contributed by atoms with E-state index in [0.717, 1.165) is 6.54 Å². The molecule has 0 bridgehead atoms. The summed E-state index contributed by atoms with van der Waals surface area (Å²) in [5, 5.41) is 3.11. The summed E-state index contributed by atoms with van der Waals surface area (Å²) in [6, 6.07) is 1.41. The molecule has 1 aliphatic heterocycles. The zero-order chi connectivity index (χ0) is 14.8. The monoisotopic (exact) mass is 302 g/mol. The molecule has 1 saturated heterocycles. The first-order valence-corrected chi connectivity index (χ1v) is 8.36. The molecule has 20 heavy (non-hydrogen) atoms. The summed E-state index contributed by atoms with van der Waals surface area (Å²) < 4.78 is 38.3. The lowest BCUT2D eigenvalue weighted by Gasteiger charge is -2.15. The molecule has 1 fully saturated rings. The third-order valence-electron chi connectivity index (χ3n) is 3.44. The van der Waals surface area contributed by atoms with Crippen molar-refractivity contribution in [1.29, 1.82) is 0 Å². The smallest absolute Gasteiger partial charge is 0.244 e. The van der Waals surface area contributed by atoms with Crippen LogP contribution < -0.4 is 10.0 Å². The van der Waals surface area contributed by atoms with Crippen molar-refractivity contribution in [3.63, 3.8) is 0 Å². The molecule has 1 aromatic rings. The minimum atomic E-state index is -3.56. The summed E-state index contributed by atoms with van der Waals surface area (Å²) in [7, 11) is -3.56. The van der Waals surface area contributed by atoms with Crippen LogP contribution in [0.4, 0.5) is 0 Å². The zero-order valence-corrected chi connectivity index (χ0v) is 12.9. The van der Waals surface area contributed by atoms with Crippen LogP contribution in [0, 0.1) is 6.92 Å². The van der Waals surface area contributed by atoms with Crippen LogP contribution in [0.15, 0.2) is 15.4 Å². The second-order valence-corrected chi connectivity index (χ2v) is 6.69. The minimum absolute atomic E-state index is 0.0989. The number of sulfonamides is 1. The Balaban J connectivity index is 2.14. The molecule has 0 aliphatic carbocycles. The molecular formula is C13H22N2O4S. The molecule has 0 aromatic carbocycles. The van der Waals surface area contributed by atoms with Crippen LogP contribution in [0.25, 0.3) is 0 Å². The third kappa shape index (κ3) is 3.41. The van der Waals surface area contributed by atoms with Gasteiger partial charge in [0, 0.05) is 12.7 Å². The molecule has 2 N–H and O–H groups in total. The van der Waals surface area contributed by atoms with E-state index in [4.69, 9.17) is 9.15 Å². The molecule has 7 heteroatoms. The maximum absolute atomic E-state index is 12.4. The Kier molecular flexibility index (Phi) is 4.85. The van der Waals surface area contributed by atoms with Gasteiger partial charge in [-0.2, -0.15) is 0 Å². The van der Waals surface area contributed by atoms with Crippen LogP contribution in [0.2, 0.25) is 0 Å². The first-order valence-electron chi connectivity index (χ1n) is 6.88. The summed E-state index contributed by atoms with van der Waals surface area (Å²) in [4.78, 5) is 0.213. The highest BCUT2D eigenvalue weighted by molar-refractivity contribution is 7.89. The maximum Gasteiger partial charge on any atom is 0.244 e. The zero-order valence-electron chi connectivity index (χ0n) is 12.1. The Hall–Kier alpha value is -0.890. The Morgan fingerprint density at radius 2 is 2.20 bits per heavy atom. The van der Waals surface area contributed by atoms with Crippen LogP contribution in [0.1, 0.15) is 31.8 Å². The SMILES string of the molecule is CCNCc1cc(S(=O)(=O)NC2CCOC2C)c(C)o1. The van der Waals surface area contributed by atoms with Gasteiger partial charge in [-0.1, -0.05) is 6.92 Å². The highest BCUT2D eigenvalue weighted by Gasteiger charge is 2.31. The molecule has 6 nitrogen and oxygen atoms in total. The molecule has 2 atom stereocenters. The minimum Gasteiger partial charge on any atom is -0.464 e. The Bertz CT molecular complexity index is 553. The molecular weight excluding hydrogens is 280 g/mol. The van der Waals surface area contributed by atoms with E-state index in [9.17, 15) is 8.42 Å². The fourth-order valence-corrected chi connectivity index (χ4v) is 3.82. The van der Waals surface area contributed by atoms with Crippen LogP contribution in [0.5, 0.6) is 0 Å². The van der Waals surface area contributed by atoms with E-state index in [1.807, 2.05) is 13.8 Å². The molecule has 2 heterocycles. The van der Waals surface area contributed by atoms with Gasteiger partial charge in [-0.05, 0) is 26.8 Å². The van der Waals surface area contributed by atoms with E-state index in [-0.39, 0.29) is 17.0 Å². The van der Waals surface area contributed by atoms with Gasteiger partial charge in [-0.25, -0.2) is 13.1 Å². The quantitative estimate of drug-likeness (QED) is 0.824. The molecule has 2 rings (SSSR count). The first kappa shape index (κ1) is 15.5. The van der Waals surface area contributed by atoms with Crippen molar-refractivity contribution in [3.8, 4) is 0 Å². The van der Waals surface area contributed by atoms with Crippen molar-refractivity contribution in [2.24, 2.45) is 0 Å². The van der Waals surface area contributed by atoms with Gasteiger partial charge in [-0.15, -0.1) is 0 Å². The standard InChI is InChI=1S/C13H22N2O4S/c1-4-14-8-11-7-13(10(3)19-11)20(16,17)15-12-5-6-18-9(12)2/h7,9,12,14-15H,4-6,8H2,1-3H3. The van der Waals surface area contributed by atoms with Crippen molar-refractivity contribution >= 4 is 10.0 Å². The summed E-state index contributed by atoms with van der Waals surface area (Å²) in [5.74, 6) is 1.04. The lowest BCUT2D eigenvalue weighted by Crippen LogP contribution is -2.39. The van der Waals surface area contributed by atoms with Gasteiger partial charge in [0.2, 0.25) is 10.0 Å². The Morgan fingerprint density at radius 3 is 2.80 bits per heavy atom. The fourth-order valence-electron chi connectivity index (χ4n) is 2.28. The van der Waals surface area contributed by atoms with Crippen LogP contribution >= 0.6 is 0 Å². The lowest BCUT2D eigenvalue weighted by atomic mass is 10.2. The van der Waals surface area contributed by atoms with E-state index in [1.165, 1.54) is 0 Å². The van der Waals surface area contributed by atoms with Crippen molar-refractivity contribution in [1.82, 2.24) is 10.0 Å². The number of furan rings is 1. The molecule has 1 aromatic heterocycles. The lowest BCUT2D eigenvalue weighted by molar-refractivity contribution is 0.117. The fraction of sp³-hybridized carbons (Fsp3) is 0.692. The van der Waals surface area contributed by atoms with Crippen molar-refractivity contribution in [2.75, 3.05) is 13.2 Å². The van der Waals surface area contributed by atoms with Crippen LogP contribution in [-0.2, 0) is 21.3 Å². The number of aryl methyl sites for hydroxylation is 1. The Labute approximate surface area is 119 Å². The third-order valence-corrected chi connectivity index (χ3v) is 5.04. The molecule has 0 saturated carbocycles. The van der Waals surface area contributed by atoms with Crippen LogP contribution in [0.3, 0.4) is 0 Å². The summed E-state index contributed by atoms with van der Waals surface area (Å²) in [6.45, 7) is 7.44. The van der Waals surface area contributed by atoms with E-state index in [2.05, 4.69) is 10.0 Å². The number of nitrogens with one attached hydrogen (secondary N) is 2. The average molecular weight is 302 g/mol. The predicted molar refractivity (Wildman–Crippen MR) is 75.0 cm³/mol. The molecule has 0 amide bonds. The van der Waals surface area contributed by atoms with E-state index < -0.39 is 10.0 Å². The summed E-state index contributed by atoms with van der Waals surface area (Å²) in [5.41, 5.74) is 0. The highest BCUT2D eigenvalue weighted by atomic mass is 32.2. The maximum atomic E-state index is 12.4. The van der Waals surface area contributed by atoms with Crippen molar-refractivity contribution in [2.45, 2.75) is 50.8 Å². The van der Waals surface area contributed by atoms with E-state index in [0.29, 0.717) is 31.1 Å². The van der Waals surface area contributed by atoms with Gasteiger partial charge >= 0.3 is 0 Å². The second kappa shape index (κ2) is 6.26. The normalized spacial score (nSPS) is 23.4. The van der Waals surface area contributed by atoms with Gasteiger partial charge < -0.3 is 14.5 Å². The van der Waals surface area contributed by atoms with Gasteiger partial charge in [0.1, 0.15) is 16.4 Å². The van der Waals surface area contributed by atoms with Gasteiger partial charge in [0.25, 0.3) is 0 Å². The van der Waals surface area contributed by atoms with E-state index >= 15 is 0 Å². The number of ether oxygens (including phenoxy) is 1. The Morgan fingerprint density at radius 1 is 1.45 bits per heavy atom. The van der Waals surface area contributed by atoms with E-state index in [1.54, 1.807) is 13.0 Å². The van der Waals surface area contributed by atoms with Crippen LogP contribution in [-0.4, -0.2) is 33.7 Å². The highest BCUT2D eigenvalue weighted by Crippen LogP contribution is 2.22. The topological polar surface area (TPSA) is 80.6 Å². The van der Waals surface area contributed by atoms with Crippen molar-refractivity contribution < 1.29 is 17.6 Å². The largest absolute Gasteiger partial charge is 0.464 e. The second-order valence-electron chi connectivity index (χ2n) is 5.01. The number of hydrogen-bond acceptors (Lipinski definition) is 5. The first-order chi connectivity index (χ1) is 9.44. The molecule has 0 radical (unpaired) electrons. The molecule has 114 valence electrons. The summed E-state index contributed by atoms with van der Waals surface area (Å²) in [6.07, 6.45) is 0.597. The molecule has 0 spiro atoms. The van der Waals surface area contributed by atoms with Crippen molar-refractivity contribution in [3.05, 3.63) is 17.6 Å². The molecule has 2 unspecified atom stereocenters. The summed E-state index contributed by atoms with van der Waals surface area (Å²) >= 11 is 0. The average Bonchev–Trinajstić information content (AvgIpc) is 2.94. The molecule has 1 aliphatic rings. The predicted octanol–water partition coefficient (Wildman–Crippen LogP) is 1.15. The van der Waals surface area contributed by atoms with Gasteiger partial charge in [0.05, 0.1) is 18.7 Å².